The fourth-order valence-electron chi connectivity index (χ4n) is 2.29. The summed E-state index contributed by atoms with van der Waals surface area (Å²) in [4.78, 5) is 14.0. The average Bonchev–Trinajstić information content (AvgIpc) is 2.36. The third-order valence-corrected chi connectivity index (χ3v) is 3.07. The van der Waals surface area contributed by atoms with Crippen molar-refractivity contribution in [2.24, 2.45) is 5.41 Å². The highest BCUT2D eigenvalue weighted by Crippen LogP contribution is 2.17. The second-order valence-electron chi connectivity index (χ2n) is 6.31. The van der Waals surface area contributed by atoms with Crippen LogP contribution in [0.4, 0.5) is 0 Å². The van der Waals surface area contributed by atoms with Crippen LogP contribution in [0.5, 0.6) is 0 Å². The van der Waals surface area contributed by atoms with Crippen molar-refractivity contribution in [2.45, 2.75) is 26.4 Å². The van der Waals surface area contributed by atoms with Crippen LogP contribution in [0.3, 0.4) is 0 Å². The predicted octanol–water partition coefficient (Wildman–Crippen LogP) is 1.81. The number of aliphatic hydroxyl groups is 1. The van der Waals surface area contributed by atoms with Gasteiger partial charge in [0.15, 0.2) is 0 Å². The van der Waals surface area contributed by atoms with Crippen LogP contribution in [0.2, 0.25) is 0 Å². The number of aliphatic hydroxyl groups excluding tert-OH is 1. The Balaban J connectivity index is 2.41. The van der Waals surface area contributed by atoms with Crippen molar-refractivity contribution in [2.75, 3.05) is 27.2 Å². The van der Waals surface area contributed by atoms with E-state index in [9.17, 15) is 9.90 Å². The maximum Gasteiger partial charge on any atom is 0.222 e. The number of amides is 1. The van der Waals surface area contributed by atoms with E-state index in [1.807, 2.05) is 44.4 Å². The monoisotopic (exact) mass is 278 g/mol. The second kappa shape index (κ2) is 7.41. The Kier molecular flexibility index (Phi) is 6.17. The molecule has 0 fully saturated rings. The molecule has 0 spiro atoms. The minimum absolute atomic E-state index is 0.0108. The normalized spacial score (nSPS) is 13.3. The average molecular weight is 278 g/mol. The van der Waals surface area contributed by atoms with Crippen molar-refractivity contribution in [1.29, 1.82) is 0 Å². The molecule has 20 heavy (non-hydrogen) atoms. The summed E-state index contributed by atoms with van der Waals surface area (Å²) in [6.07, 6.45) is -0.643. The molecule has 0 heterocycles. The van der Waals surface area contributed by atoms with Gasteiger partial charge >= 0.3 is 0 Å². The Labute approximate surface area is 121 Å². The number of carbonyl (C=O) groups is 1. The molecule has 1 rings (SSSR count). The number of nitrogens with one attached hydrogen (secondary N) is 1. The van der Waals surface area contributed by atoms with Crippen LogP contribution >= 0.6 is 0 Å². The van der Waals surface area contributed by atoms with Gasteiger partial charge in [0.1, 0.15) is 0 Å². The summed E-state index contributed by atoms with van der Waals surface area (Å²) in [5, 5.41) is 12.9. The van der Waals surface area contributed by atoms with Gasteiger partial charge in [-0.2, -0.15) is 0 Å². The van der Waals surface area contributed by atoms with Crippen molar-refractivity contribution in [3.05, 3.63) is 35.9 Å². The van der Waals surface area contributed by atoms with Gasteiger partial charge in [0.05, 0.1) is 12.5 Å². The van der Waals surface area contributed by atoms with Gasteiger partial charge in [0.25, 0.3) is 0 Å². The van der Waals surface area contributed by atoms with E-state index >= 15 is 0 Å². The molecule has 1 aromatic carbocycles. The molecule has 1 unspecified atom stereocenters. The molecule has 0 bridgehead atoms. The fourth-order valence-corrected chi connectivity index (χ4v) is 2.29. The first-order valence-corrected chi connectivity index (χ1v) is 6.94. The Bertz CT molecular complexity index is 416. The summed E-state index contributed by atoms with van der Waals surface area (Å²) in [6, 6.07) is 9.26. The second-order valence-corrected chi connectivity index (χ2v) is 6.31. The van der Waals surface area contributed by atoms with Gasteiger partial charge in [-0.1, -0.05) is 44.2 Å². The van der Waals surface area contributed by atoms with Crippen LogP contribution < -0.4 is 5.32 Å². The maximum atomic E-state index is 11.9. The standard InChI is InChI=1S/C16H26N2O2/c1-16(2,12-18(3)4)11-17-15(20)10-14(19)13-8-6-5-7-9-13/h5-9,14,19H,10-12H2,1-4H3,(H,17,20). The van der Waals surface area contributed by atoms with Gasteiger partial charge in [-0.05, 0) is 25.1 Å². The molecule has 0 radical (unpaired) electrons. The summed E-state index contributed by atoms with van der Waals surface area (Å²) in [6.45, 7) is 5.72. The fraction of sp³-hybridized carbons (Fsp3) is 0.562. The highest BCUT2D eigenvalue weighted by molar-refractivity contribution is 5.76. The first-order chi connectivity index (χ1) is 9.30. The van der Waals surface area contributed by atoms with Gasteiger partial charge in [0.2, 0.25) is 5.91 Å². The number of benzene rings is 1. The van der Waals surface area contributed by atoms with E-state index < -0.39 is 6.10 Å². The van der Waals surface area contributed by atoms with Gasteiger partial charge in [-0.15, -0.1) is 0 Å². The number of carbonyl (C=O) groups excluding carboxylic acids is 1. The van der Waals surface area contributed by atoms with E-state index in [1.54, 1.807) is 0 Å². The van der Waals surface area contributed by atoms with Crippen molar-refractivity contribution in [3.8, 4) is 0 Å². The van der Waals surface area contributed by atoms with Gasteiger partial charge in [-0.3, -0.25) is 4.79 Å². The Morgan fingerprint density at radius 2 is 1.90 bits per heavy atom. The summed E-state index contributed by atoms with van der Waals surface area (Å²) in [7, 11) is 4.03. The first kappa shape index (κ1) is 16.7. The molecule has 1 amide bonds. The lowest BCUT2D eigenvalue weighted by Gasteiger charge is -2.28. The molecule has 4 heteroatoms. The highest BCUT2D eigenvalue weighted by atomic mass is 16.3. The minimum atomic E-state index is -0.742. The minimum Gasteiger partial charge on any atom is -0.388 e. The van der Waals surface area contributed by atoms with Crippen molar-refractivity contribution in [1.82, 2.24) is 10.2 Å². The molecule has 112 valence electrons. The molecule has 0 aromatic heterocycles. The Morgan fingerprint density at radius 3 is 2.45 bits per heavy atom. The van der Waals surface area contributed by atoms with Crippen LogP contribution in [0, 0.1) is 5.41 Å². The third-order valence-electron chi connectivity index (χ3n) is 3.07. The number of hydrogen-bond acceptors (Lipinski definition) is 3. The molecule has 0 aliphatic carbocycles. The zero-order valence-electron chi connectivity index (χ0n) is 12.9. The predicted molar refractivity (Wildman–Crippen MR) is 81.4 cm³/mol. The van der Waals surface area contributed by atoms with E-state index in [-0.39, 0.29) is 17.7 Å². The van der Waals surface area contributed by atoms with Crippen molar-refractivity contribution in [3.63, 3.8) is 0 Å². The maximum absolute atomic E-state index is 11.9. The third kappa shape index (κ3) is 6.17. The van der Waals surface area contributed by atoms with E-state index in [0.717, 1.165) is 12.1 Å². The number of hydrogen-bond donors (Lipinski definition) is 2. The SMILES string of the molecule is CN(C)CC(C)(C)CNC(=O)CC(O)c1ccccc1. The van der Waals surface area contributed by atoms with Crippen LogP contribution in [0.15, 0.2) is 30.3 Å². The number of rotatable bonds is 7. The van der Waals surface area contributed by atoms with E-state index in [4.69, 9.17) is 0 Å². The summed E-state index contributed by atoms with van der Waals surface area (Å²) in [5.74, 6) is -0.117. The lowest BCUT2D eigenvalue weighted by atomic mass is 9.93. The lowest BCUT2D eigenvalue weighted by Crippen LogP contribution is -2.40. The Morgan fingerprint density at radius 1 is 1.30 bits per heavy atom. The quantitative estimate of drug-likeness (QED) is 0.800. The molecular weight excluding hydrogens is 252 g/mol. The zero-order chi connectivity index (χ0) is 15.2. The smallest absolute Gasteiger partial charge is 0.222 e. The van der Waals surface area contributed by atoms with Crippen LogP contribution in [-0.2, 0) is 4.79 Å². The van der Waals surface area contributed by atoms with Gasteiger partial charge in [0, 0.05) is 13.1 Å². The van der Waals surface area contributed by atoms with E-state index in [0.29, 0.717) is 6.54 Å². The molecule has 1 aromatic rings. The molecular formula is C16H26N2O2. The zero-order valence-corrected chi connectivity index (χ0v) is 12.9. The summed E-state index contributed by atoms with van der Waals surface area (Å²) < 4.78 is 0. The molecule has 0 aliphatic rings. The summed E-state index contributed by atoms with van der Waals surface area (Å²) in [5.41, 5.74) is 0.784. The van der Waals surface area contributed by atoms with Crippen LogP contribution in [-0.4, -0.2) is 43.1 Å². The van der Waals surface area contributed by atoms with Gasteiger partial charge in [-0.25, -0.2) is 0 Å². The van der Waals surface area contributed by atoms with Crippen molar-refractivity contribution >= 4 is 5.91 Å². The van der Waals surface area contributed by atoms with Crippen molar-refractivity contribution < 1.29 is 9.90 Å². The molecule has 0 aliphatic heterocycles. The Hall–Kier alpha value is -1.39. The van der Waals surface area contributed by atoms with Crippen LogP contribution in [0.25, 0.3) is 0 Å². The van der Waals surface area contributed by atoms with Crippen LogP contribution in [0.1, 0.15) is 31.9 Å². The molecule has 0 saturated heterocycles. The first-order valence-electron chi connectivity index (χ1n) is 6.94. The summed E-state index contributed by atoms with van der Waals surface area (Å²) >= 11 is 0. The lowest BCUT2D eigenvalue weighted by molar-refractivity contribution is -0.123. The molecule has 0 saturated carbocycles. The number of nitrogens with zero attached hydrogens (tertiary/aromatic N) is 1. The molecule has 1 atom stereocenters. The largest absolute Gasteiger partial charge is 0.388 e. The van der Waals surface area contributed by atoms with Gasteiger partial charge < -0.3 is 15.3 Å². The van der Waals surface area contributed by atoms with E-state index in [2.05, 4.69) is 24.1 Å². The highest BCUT2D eigenvalue weighted by Gasteiger charge is 2.20. The van der Waals surface area contributed by atoms with E-state index in [1.165, 1.54) is 0 Å². The topological polar surface area (TPSA) is 52.6 Å². The molecule has 4 nitrogen and oxygen atoms in total. The molecule has 2 N–H and O–H groups in total.